The van der Waals surface area contributed by atoms with E-state index >= 15 is 0 Å². The highest BCUT2D eigenvalue weighted by Crippen LogP contribution is 2.27. The van der Waals surface area contributed by atoms with Crippen LogP contribution in [-0.4, -0.2) is 62.8 Å². The van der Waals surface area contributed by atoms with Crippen LogP contribution >= 0.6 is 11.3 Å². The van der Waals surface area contributed by atoms with Crippen LogP contribution in [0.3, 0.4) is 0 Å². The van der Waals surface area contributed by atoms with Crippen molar-refractivity contribution in [2.75, 3.05) is 26.2 Å². The maximum Gasteiger partial charge on any atom is 0.270 e. The summed E-state index contributed by atoms with van der Waals surface area (Å²) in [4.78, 5) is 38.1. The molecule has 0 spiro atoms. The number of thiophene rings is 1. The van der Waals surface area contributed by atoms with E-state index in [4.69, 9.17) is 4.52 Å². The maximum absolute atomic E-state index is 13.1. The Morgan fingerprint density at radius 2 is 2.10 bits per heavy atom. The van der Waals surface area contributed by atoms with E-state index in [9.17, 15) is 9.59 Å². The lowest BCUT2D eigenvalue weighted by Gasteiger charge is -2.33. The number of aromatic nitrogens is 3. The van der Waals surface area contributed by atoms with Crippen molar-refractivity contribution in [3.63, 3.8) is 0 Å². The van der Waals surface area contributed by atoms with Gasteiger partial charge in [0.15, 0.2) is 5.78 Å². The number of Topliss-reactive ketones (excluding diaryl/α,β-unsaturated/α-hetero) is 1. The Bertz CT molecular complexity index is 1080. The first-order chi connectivity index (χ1) is 14.6. The monoisotopic (exact) mass is 425 g/mol. The van der Waals surface area contributed by atoms with E-state index in [1.54, 1.807) is 11.3 Å². The third-order valence-corrected chi connectivity index (χ3v) is 6.74. The van der Waals surface area contributed by atoms with E-state index in [1.165, 1.54) is 0 Å². The van der Waals surface area contributed by atoms with Crippen molar-refractivity contribution in [3.8, 4) is 10.7 Å². The van der Waals surface area contributed by atoms with Gasteiger partial charge in [-0.15, -0.1) is 11.3 Å². The van der Waals surface area contributed by atoms with Crippen LogP contribution in [-0.2, 0) is 13.0 Å². The van der Waals surface area contributed by atoms with Crippen molar-refractivity contribution < 1.29 is 14.1 Å². The molecule has 1 N–H and O–H groups in total. The van der Waals surface area contributed by atoms with Crippen molar-refractivity contribution in [1.82, 2.24) is 24.9 Å². The van der Waals surface area contributed by atoms with Gasteiger partial charge in [0.05, 0.1) is 11.4 Å². The molecule has 8 nitrogen and oxygen atoms in total. The van der Waals surface area contributed by atoms with Crippen LogP contribution in [0, 0.1) is 6.92 Å². The molecule has 3 aromatic rings. The minimum Gasteiger partial charge on any atom is -0.354 e. The van der Waals surface area contributed by atoms with Gasteiger partial charge in [-0.3, -0.25) is 14.5 Å². The minimum absolute atomic E-state index is 0.0212. The summed E-state index contributed by atoms with van der Waals surface area (Å²) in [6.45, 7) is 5.18. The Kier molecular flexibility index (Phi) is 5.00. The largest absolute Gasteiger partial charge is 0.354 e. The molecule has 1 saturated heterocycles. The second-order valence-corrected chi connectivity index (χ2v) is 8.76. The SMILES string of the molecule is Cc1c(C(=O)N2CCN(Cc3nc(-c4cccs4)no3)CC2)[nH]c2c1C(=O)CCC2. The maximum atomic E-state index is 13.1. The second-order valence-electron chi connectivity index (χ2n) is 7.81. The smallest absolute Gasteiger partial charge is 0.270 e. The van der Waals surface area contributed by atoms with Crippen molar-refractivity contribution in [2.45, 2.75) is 32.7 Å². The molecule has 1 fully saturated rings. The fraction of sp³-hybridized carbons (Fsp3) is 0.429. The molecule has 0 aromatic carbocycles. The number of fused-ring (bicyclic) bond motifs is 1. The predicted molar refractivity (Wildman–Crippen MR) is 112 cm³/mol. The summed E-state index contributed by atoms with van der Waals surface area (Å²) in [5.74, 6) is 1.33. The molecule has 30 heavy (non-hydrogen) atoms. The lowest BCUT2D eigenvalue weighted by Crippen LogP contribution is -2.48. The zero-order valence-corrected chi connectivity index (χ0v) is 17.6. The number of hydrogen-bond donors (Lipinski definition) is 1. The molecule has 3 aromatic heterocycles. The highest BCUT2D eigenvalue weighted by atomic mass is 32.1. The standard InChI is InChI=1S/C21H23N5O3S/c1-13-18-14(4-2-5-15(18)27)22-19(13)21(28)26-9-7-25(8-10-26)12-17-23-20(24-29-17)16-6-3-11-30-16/h3,6,11,22H,2,4-5,7-10,12H2,1H3. The Hall–Kier alpha value is -2.78. The van der Waals surface area contributed by atoms with Gasteiger partial charge < -0.3 is 14.4 Å². The first kappa shape index (κ1) is 19.2. The lowest BCUT2D eigenvalue weighted by molar-refractivity contribution is 0.0609. The quantitative estimate of drug-likeness (QED) is 0.691. The Labute approximate surface area is 177 Å². The number of piperazine rings is 1. The van der Waals surface area contributed by atoms with Crippen molar-refractivity contribution >= 4 is 23.0 Å². The van der Waals surface area contributed by atoms with Gasteiger partial charge in [-0.05, 0) is 36.8 Å². The van der Waals surface area contributed by atoms with Crippen molar-refractivity contribution in [1.29, 1.82) is 0 Å². The van der Waals surface area contributed by atoms with E-state index in [0.717, 1.165) is 47.6 Å². The van der Waals surface area contributed by atoms with Gasteiger partial charge in [0.1, 0.15) is 5.69 Å². The van der Waals surface area contributed by atoms with Crippen LogP contribution in [0.25, 0.3) is 10.7 Å². The molecule has 1 aliphatic heterocycles. The molecule has 9 heteroatoms. The Balaban J connectivity index is 1.21. The van der Waals surface area contributed by atoms with Gasteiger partial charge in [0, 0.05) is 43.9 Å². The number of amides is 1. The molecule has 5 rings (SSSR count). The molecular weight excluding hydrogens is 402 g/mol. The average Bonchev–Trinajstić information content (AvgIpc) is 3.49. The normalized spacial score (nSPS) is 17.4. The summed E-state index contributed by atoms with van der Waals surface area (Å²) >= 11 is 1.58. The van der Waals surface area contributed by atoms with Gasteiger partial charge >= 0.3 is 0 Å². The lowest BCUT2D eigenvalue weighted by atomic mass is 9.93. The zero-order valence-electron chi connectivity index (χ0n) is 16.8. The number of rotatable bonds is 4. The molecule has 0 bridgehead atoms. The van der Waals surface area contributed by atoms with Crippen LogP contribution in [0.2, 0.25) is 0 Å². The molecule has 0 saturated carbocycles. The minimum atomic E-state index is -0.0212. The topological polar surface area (TPSA) is 95.3 Å². The van der Waals surface area contributed by atoms with Crippen molar-refractivity contribution in [2.24, 2.45) is 0 Å². The number of H-pyrrole nitrogens is 1. The van der Waals surface area contributed by atoms with Crippen LogP contribution in [0.1, 0.15) is 50.8 Å². The molecule has 4 heterocycles. The van der Waals surface area contributed by atoms with Crippen LogP contribution in [0.5, 0.6) is 0 Å². The third kappa shape index (κ3) is 3.48. The Morgan fingerprint density at radius 1 is 1.27 bits per heavy atom. The number of aromatic amines is 1. The first-order valence-corrected chi connectivity index (χ1v) is 11.1. The number of ketones is 1. The summed E-state index contributed by atoms with van der Waals surface area (Å²) in [5.41, 5.74) is 3.03. The van der Waals surface area contributed by atoms with Crippen LogP contribution in [0.15, 0.2) is 22.0 Å². The highest BCUT2D eigenvalue weighted by Gasteiger charge is 2.30. The van der Waals surface area contributed by atoms with E-state index < -0.39 is 0 Å². The number of carbonyl (C=O) groups is 2. The Morgan fingerprint density at radius 3 is 2.83 bits per heavy atom. The molecule has 1 aliphatic carbocycles. The van der Waals surface area contributed by atoms with Crippen LogP contribution in [0.4, 0.5) is 0 Å². The third-order valence-electron chi connectivity index (χ3n) is 5.88. The van der Waals surface area contributed by atoms with E-state index in [0.29, 0.717) is 43.5 Å². The fourth-order valence-corrected chi connectivity index (χ4v) is 4.92. The van der Waals surface area contributed by atoms with E-state index in [-0.39, 0.29) is 11.7 Å². The van der Waals surface area contributed by atoms with Gasteiger partial charge in [0.2, 0.25) is 11.7 Å². The highest BCUT2D eigenvalue weighted by molar-refractivity contribution is 7.13. The van der Waals surface area contributed by atoms with Crippen molar-refractivity contribution in [3.05, 3.63) is 45.9 Å². The molecule has 0 atom stereocenters. The average molecular weight is 426 g/mol. The van der Waals surface area contributed by atoms with Gasteiger partial charge in [-0.1, -0.05) is 11.2 Å². The summed E-state index contributed by atoms with van der Waals surface area (Å²) in [7, 11) is 0. The molecule has 2 aliphatic rings. The molecule has 156 valence electrons. The van der Waals surface area contributed by atoms with Gasteiger partial charge in [-0.25, -0.2) is 0 Å². The number of nitrogens with zero attached hydrogens (tertiary/aromatic N) is 4. The number of nitrogens with one attached hydrogen (secondary N) is 1. The zero-order chi connectivity index (χ0) is 20.7. The first-order valence-electron chi connectivity index (χ1n) is 10.2. The predicted octanol–water partition coefficient (Wildman–Crippen LogP) is 2.91. The summed E-state index contributed by atoms with van der Waals surface area (Å²) in [6.07, 6.45) is 2.25. The molecule has 1 amide bonds. The number of hydrogen-bond acceptors (Lipinski definition) is 7. The molecular formula is C21H23N5O3S. The second kappa shape index (κ2) is 7.81. The van der Waals surface area contributed by atoms with Gasteiger partial charge in [0.25, 0.3) is 5.91 Å². The number of aryl methyl sites for hydroxylation is 1. The van der Waals surface area contributed by atoms with E-state index in [1.807, 2.05) is 29.3 Å². The fourth-order valence-electron chi connectivity index (χ4n) is 4.27. The molecule has 0 unspecified atom stereocenters. The van der Waals surface area contributed by atoms with Crippen LogP contribution < -0.4 is 0 Å². The summed E-state index contributed by atoms with van der Waals surface area (Å²) in [6, 6.07) is 3.93. The summed E-state index contributed by atoms with van der Waals surface area (Å²) < 4.78 is 5.39. The summed E-state index contributed by atoms with van der Waals surface area (Å²) in [5, 5.41) is 6.04. The van der Waals surface area contributed by atoms with E-state index in [2.05, 4.69) is 20.0 Å². The van der Waals surface area contributed by atoms with Gasteiger partial charge in [-0.2, -0.15) is 4.98 Å². The number of carbonyl (C=O) groups excluding carboxylic acids is 2. The molecule has 0 radical (unpaired) electrons.